The Morgan fingerprint density at radius 3 is 2.74 bits per heavy atom. The molecule has 0 saturated heterocycles. The lowest BCUT2D eigenvalue weighted by Crippen LogP contribution is -2.18. The van der Waals surface area contributed by atoms with Crippen LogP contribution in [-0.4, -0.2) is 22.2 Å². The SMILES string of the molecule is Cc1ccccc1C(=O)N/N=C/c1cc([N+](=O)[O-])cc(Br)c1O. The van der Waals surface area contributed by atoms with Gasteiger partial charge < -0.3 is 5.11 Å². The Bertz CT molecular complexity index is 805. The summed E-state index contributed by atoms with van der Waals surface area (Å²) in [5, 5.41) is 24.4. The van der Waals surface area contributed by atoms with Crippen molar-refractivity contribution in [1.82, 2.24) is 5.43 Å². The van der Waals surface area contributed by atoms with Crippen LogP contribution in [0.25, 0.3) is 0 Å². The number of hydrazone groups is 1. The van der Waals surface area contributed by atoms with Crippen molar-refractivity contribution >= 4 is 33.7 Å². The highest BCUT2D eigenvalue weighted by Crippen LogP contribution is 2.31. The summed E-state index contributed by atoms with van der Waals surface area (Å²) < 4.78 is 0.165. The van der Waals surface area contributed by atoms with Crippen molar-refractivity contribution in [3.8, 4) is 5.75 Å². The largest absolute Gasteiger partial charge is 0.506 e. The maximum absolute atomic E-state index is 12.0. The highest BCUT2D eigenvalue weighted by Gasteiger charge is 2.14. The van der Waals surface area contributed by atoms with Gasteiger partial charge in [-0.3, -0.25) is 14.9 Å². The van der Waals surface area contributed by atoms with Crippen LogP contribution in [0.15, 0.2) is 46.0 Å². The van der Waals surface area contributed by atoms with Gasteiger partial charge in [0.2, 0.25) is 0 Å². The van der Waals surface area contributed by atoms with Crippen molar-refractivity contribution in [1.29, 1.82) is 0 Å². The lowest BCUT2D eigenvalue weighted by Gasteiger charge is -2.04. The molecule has 8 heteroatoms. The predicted octanol–water partition coefficient (Wildman–Crippen LogP) is 3.14. The first-order valence-electron chi connectivity index (χ1n) is 6.46. The van der Waals surface area contributed by atoms with E-state index in [0.29, 0.717) is 5.56 Å². The summed E-state index contributed by atoms with van der Waals surface area (Å²) in [6.07, 6.45) is 1.14. The van der Waals surface area contributed by atoms with Gasteiger partial charge in [0.15, 0.2) is 0 Å². The molecule has 7 nitrogen and oxygen atoms in total. The average molecular weight is 378 g/mol. The van der Waals surface area contributed by atoms with Crippen molar-refractivity contribution in [2.24, 2.45) is 5.10 Å². The molecule has 0 radical (unpaired) electrons. The van der Waals surface area contributed by atoms with E-state index in [1.807, 2.05) is 6.07 Å². The molecule has 0 unspecified atom stereocenters. The van der Waals surface area contributed by atoms with Gasteiger partial charge in [0.1, 0.15) is 5.75 Å². The van der Waals surface area contributed by atoms with E-state index in [1.165, 1.54) is 6.07 Å². The van der Waals surface area contributed by atoms with Gasteiger partial charge in [0.05, 0.1) is 15.6 Å². The van der Waals surface area contributed by atoms with Crippen molar-refractivity contribution in [3.63, 3.8) is 0 Å². The van der Waals surface area contributed by atoms with Gasteiger partial charge in [0.25, 0.3) is 11.6 Å². The summed E-state index contributed by atoms with van der Waals surface area (Å²) in [6.45, 7) is 1.79. The van der Waals surface area contributed by atoms with E-state index in [2.05, 4.69) is 26.5 Å². The monoisotopic (exact) mass is 377 g/mol. The fraction of sp³-hybridized carbons (Fsp3) is 0.0667. The number of benzene rings is 2. The molecule has 0 heterocycles. The summed E-state index contributed by atoms with van der Waals surface area (Å²) in [4.78, 5) is 22.2. The second-order valence-corrected chi connectivity index (χ2v) is 5.49. The van der Waals surface area contributed by atoms with E-state index >= 15 is 0 Å². The number of carbonyl (C=O) groups excluding carboxylic acids is 1. The summed E-state index contributed by atoms with van der Waals surface area (Å²) in [7, 11) is 0. The molecule has 0 atom stereocenters. The number of amides is 1. The normalized spacial score (nSPS) is 10.7. The van der Waals surface area contributed by atoms with Crippen LogP contribution >= 0.6 is 15.9 Å². The Hall–Kier alpha value is -2.74. The fourth-order valence-corrected chi connectivity index (χ4v) is 2.32. The third kappa shape index (κ3) is 3.92. The highest BCUT2D eigenvalue weighted by molar-refractivity contribution is 9.10. The average Bonchev–Trinajstić information content (AvgIpc) is 2.51. The summed E-state index contributed by atoms with van der Waals surface area (Å²) in [6, 6.07) is 9.33. The van der Waals surface area contributed by atoms with E-state index in [4.69, 9.17) is 0 Å². The zero-order valence-electron chi connectivity index (χ0n) is 12.0. The van der Waals surface area contributed by atoms with E-state index in [-0.39, 0.29) is 21.5 Å². The van der Waals surface area contributed by atoms with Crippen LogP contribution in [0.4, 0.5) is 5.69 Å². The molecule has 0 aliphatic rings. The van der Waals surface area contributed by atoms with Gasteiger partial charge in [0, 0.05) is 23.3 Å². The van der Waals surface area contributed by atoms with Crippen LogP contribution in [0.2, 0.25) is 0 Å². The third-order valence-corrected chi connectivity index (χ3v) is 3.65. The molecular weight excluding hydrogens is 366 g/mol. The molecule has 2 aromatic carbocycles. The molecule has 0 aromatic heterocycles. The van der Waals surface area contributed by atoms with Crippen LogP contribution < -0.4 is 5.43 Å². The number of rotatable bonds is 4. The first-order chi connectivity index (χ1) is 10.9. The zero-order chi connectivity index (χ0) is 17.0. The summed E-state index contributed by atoms with van der Waals surface area (Å²) >= 11 is 3.03. The molecule has 0 saturated carbocycles. The number of hydrogen-bond acceptors (Lipinski definition) is 5. The van der Waals surface area contributed by atoms with Crippen LogP contribution in [-0.2, 0) is 0 Å². The number of phenolic OH excluding ortho intramolecular Hbond substituents is 1. The second-order valence-electron chi connectivity index (χ2n) is 4.64. The number of nitrogens with zero attached hydrogens (tertiary/aromatic N) is 2. The number of halogens is 1. The number of hydrogen-bond donors (Lipinski definition) is 2. The second kappa shape index (κ2) is 7.01. The van der Waals surface area contributed by atoms with Gasteiger partial charge >= 0.3 is 0 Å². The molecule has 0 spiro atoms. The van der Waals surface area contributed by atoms with E-state index < -0.39 is 10.8 Å². The molecule has 2 rings (SSSR count). The molecular formula is C15H12BrN3O4. The van der Waals surface area contributed by atoms with E-state index in [9.17, 15) is 20.0 Å². The fourth-order valence-electron chi connectivity index (χ4n) is 1.86. The number of carbonyl (C=O) groups is 1. The van der Waals surface area contributed by atoms with Crippen molar-refractivity contribution in [2.45, 2.75) is 6.92 Å². The van der Waals surface area contributed by atoms with Crippen LogP contribution in [0.1, 0.15) is 21.5 Å². The molecule has 1 amide bonds. The quantitative estimate of drug-likeness (QED) is 0.484. The third-order valence-electron chi connectivity index (χ3n) is 3.05. The topological polar surface area (TPSA) is 105 Å². The van der Waals surface area contributed by atoms with Crippen LogP contribution in [0.5, 0.6) is 5.75 Å². The number of nitro groups is 1. The standard InChI is InChI=1S/C15H12BrN3O4/c1-9-4-2-3-5-12(9)15(21)18-17-8-10-6-11(19(22)23)7-13(16)14(10)20/h2-8,20H,1H3,(H,18,21)/b17-8+. The number of aromatic hydroxyl groups is 1. The van der Waals surface area contributed by atoms with Gasteiger partial charge in [-0.05, 0) is 34.5 Å². The summed E-state index contributed by atoms with van der Waals surface area (Å²) in [5.41, 5.74) is 3.48. The molecule has 23 heavy (non-hydrogen) atoms. The Balaban J connectivity index is 2.19. The minimum absolute atomic E-state index is 0.108. The van der Waals surface area contributed by atoms with E-state index in [0.717, 1.165) is 17.8 Å². The minimum Gasteiger partial charge on any atom is -0.506 e. The number of aryl methyl sites for hydroxylation is 1. The molecule has 2 aromatic rings. The number of phenols is 1. The van der Waals surface area contributed by atoms with Crippen molar-refractivity contribution in [3.05, 3.63) is 67.7 Å². The van der Waals surface area contributed by atoms with Crippen molar-refractivity contribution in [2.75, 3.05) is 0 Å². The minimum atomic E-state index is -0.590. The smallest absolute Gasteiger partial charge is 0.271 e. The Labute approximate surface area is 139 Å². The van der Waals surface area contributed by atoms with E-state index in [1.54, 1.807) is 25.1 Å². The Morgan fingerprint density at radius 1 is 1.39 bits per heavy atom. The predicted molar refractivity (Wildman–Crippen MR) is 88.7 cm³/mol. The van der Waals surface area contributed by atoms with Gasteiger partial charge in [-0.1, -0.05) is 18.2 Å². The van der Waals surface area contributed by atoms with Crippen LogP contribution in [0, 0.1) is 17.0 Å². The molecule has 2 N–H and O–H groups in total. The maximum Gasteiger partial charge on any atom is 0.271 e. The highest BCUT2D eigenvalue weighted by atomic mass is 79.9. The van der Waals surface area contributed by atoms with Gasteiger partial charge in [-0.2, -0.15) is 5.10 Å². The first-order valence-corrected chi connectivity index (χ1v) is 7.25. The van der Waals surface area contributed by atoms with Crippen LogP contribution in [0.3, 0.4) is 0 Å². The Kier molecular flexibility index (Phi) is 5.07. The van der Waals surface area contributed by atoms with Gasteiger partial charge in [-0.25, -0.2) is 5.43 Å². The lowest BCUT2D eigenvalue weighted by atomic mass is 10.1. The number of nitrogens with one attached hydrogen (secondary N) is 1. The lowest BCUT2D eigenvalue weighted by molar-refractivity contribution is -0.385. The molecule has 0 fully saturated rings. The molecule has 0 bridgehead atoms. The van der Waals surface area contributed by atoms with Gasteiger partial charge in [-0.15, -0.1) is 0 Å². The molecule has 118 valence electrons. The maximum atomic E-state index is 12.0. The summed E-state index contributed by atoms with van der Waals surface area (Å²) in [5.74, 6) is -0.618. The zero-order valence-corrected chi connectivity index (χ0v) is 13.6. The number of nitro benzene ring substituents is 1. The Morgan fingerprint density at radius 2 is 2.09 bits per heavy atom. The number of non-ortho nitro benzene ring substituents is 1. The molecule has 0 aliphatic heterocycles. The van der Waals surface area contributed by atoms with Crippen molar-refractivity contribution < 1.29 is 14.8 Å². The first kappa shape index (κ1) is 16.6. The molecule has 0 aliphatic carbocycles.